The van der Waals surface area contributed by atoms with Crippen molar-refractivity contribution in [3.63, 3.8) is 0 Å². The summed E-state index contributed by atoms with van der Waals surface area (Å²) in [5.74, 6) is 0. The van der Waals surface area contributed by atoms with Gasteiger partial charge in [0.05, 0.1) is 6.20 Å². The lowest BCUT2D eigenvalue weighted by molar-refractivity contribution is -0.138. The molecule has 0 fully saturated rings. The highest BCUT2D eigenvalue weighted by Gasteiger charge is 2.32. The maximum absolute atomic E-state index is 11.7. The Morgan fingerprint density at radius 2 is 2.10 bits per heavy atom. The quantitative estimate of drug-likeness (QED) is 0.537. The van der Waals surface area contributed by atoms with Gasteiger partial charge < -0.3 is 0 Å². The van der Waals surface area contributed by atoms with E-state index in [1.165, 1.54) is 7.05 Å². The van der Waals surface area contributed by atoms with Crippen molar-refractivity contribution in [2.75, 3.05) is 0 Å². The molecule has 54 valence electrons. The molecule has 0 aromatic carbocycles. The molecular weight excluding hydrogens is 145 g/mol. The first-order chi connectivity index (χ1) is 4.50. The summed E-state index contributed by atoms with van der Waals surface area (Å²) in [7, 11) is 1.35. The van der Waals surface area contributed by atoms with Crippen molar-refractivity contribution >= 4 is 0 Å². The average Bonchev–Trinajstić information content (AvgIpc) is 2.11. The summed E-state index contributed by atoms with van der Waals surface area (Å²) in [6, 6.07) is 0. The fourth-order valence-corrected chi connectivity index (χ4v) is 0.464. The van der Waals surface area contributed by atoms with Crippen LogP contribution in [-0.2, 0) is 13.2 Å². The zero-order valence-corrected chi connectivity index (χ0v) is 5.03. The van der Waals surface area contributed by atoms with E-state index in [0.717, 1.165) is 4.68 Å². The van der Waals surface area contributed by atoms with Crippen molar-refractivity contribution in [1.29, 1.82) is 0 Å². The van der Waals surface area contributed by atoms with E-state index in [1.807, 2.05) is 6.20 Å². The van der Waals surface area contributed by atoms with Crippen LogP contribution < -0.4 is 0 Å². The Morgan fingerprint density at radius 3 is 2.30 bits per heavy atom. The van der Waals surface area contributed by atoms with Gasteiger partial charge in [-0.15, -0.1) is 0 Å². The summed E-state index contributed by atoms with van der Waals surface area (Å²) in [5, 5.41) is 3.20. The molecular formula is C5H3F3N2. The fraction of sp³-hybridized carbons (Fsp3) is 0.400. The summed E-state index contributed by atoms with van der Waals surface area (Å²) in [4.78, 5) is 0. The topological polar surface area (TPSA) is 17.8 Å². The minimum atomic E-state index is -4.38. The molecule has 1 rings (SSSR count). The Bertz CT molecular complexity index is 225. The number of hydrogen-bond donors (Lipinski definition) is 0. The molecule has 0 bridgehead atoms. The van der Waals surface area contributed by atoms with Gasteiger partial charge in [0.15, 0.2) is 0 Å². The second-order valence-electron chi connectivity index (χ2n) is 1.72. The van der Waals surface area contributed by atoms with E-state index in [-0.39, 0.29) is 0 Å². The first-order valence-corrected chi connectivity index (χ1v) is 2.41. The third-order valence-electron chi connectivity index (χ3n) is 0.869. The Hall–Kier alpha value is -1.00. The van der Waals surface area contributed by atoms with Gasteiger partial charge in [0.25, 0.3) is 0 Å². The zero-order chi connectivity index (χ0) is 7.78. The molecule has 0 unspecified atom stereocenters. The lowest BCUT2D eigenvalue weighted by Gasteiger charge is -1.98. The van der Waals surface area contributed by atoms with Crippen molar-refractivity contribution in [1.82, 2.24) is 9.78 Å². The predicted octanol–water partition coefficient (Wildman–Crippen LogP) is 1.04. The standard InChI is InChI=1S/C5H3F3N2/c1-10-3-4(2-9-10)5(6,7)8/h1H3. The minimum Gasteiger partial charge on any atom is -0.265 e. The van der Waals surface area contributed by atoms with Crippen molar-refractivity contribution in [2.45, 2.75) is 6.18 Å². The molecule has 0 amide bonds. The molecule has 0 saturated carbocycles. The molecule has 0 saturated heterocycles. The van der Waals surface area contributed by atoms with E-state index >= 15 is 0 Å². The molecule has 0 aliphatic carbocycles. The third-order valence-corrected chi connectivity index (χ3v) is 0.869. The SMILES string of the molecule is Cn1[c]c(C(F)(F)F)[c]n1. The van der Waals surface area contributed by atoms with Crippen LogP contribution in [0.15, 0.2) is 0 Å². The van der Waals surface area contributed by atoms with Crippen LogP contribution in [0.25, 0.3) is 0 Å². The fourth-order valence-electron chi connectivity index (χ4n) is 0.464. The van der Waals surface area contributed by atoms with Crippen LogP contribution in [0, 0.1) is 12.4 Å². The molecule has 0 N–H and O–H groups in total. The predicted molar refractivity (Wildman–Crippen MR) is 25.9 cm³/mol. The van der Waals surface area contributed by atoms with Gasteiger partial charge in [0.2, 0.25) is 0 Å². The largest absolute Gasteiger partial charge is 0.420 e. The van der Waals surface area contributed by atoms with Gasteiger partial charge in [-0.2, -0.15) is 18.3 Å². The highest BCUT2D eigenvalue weighted by molar-refractivity contribution is 5.04. The van der Waals surface area contributed by atoms with Crippen LogP contribution in [0.4, 0.5) is 13.2 Å². The zero-order valence-electron chi connectivity index (χ0n) is 5.03. The van der Waals surface area contributed by atoms with Crippen LogP contribution in [0.5, 0.6) is 0 Å². The van der Waals surface area contributed by atoms with Crippen LogP contribution in [-0.4, -0.2) is 9.78 Å². The first-order valence-electron chi connectivity index (χ1n) is 2.41. The lowest BCUT2D eigenvalue weighted by atomic mass is 10.4. The molecule has 0 aliphatic heterocycles. The van der Waals surface area contributed by atoms with Crippen molar-refractivity contribution < 1.29 is 13.2 Å². The maximum Gasteiger partial charge on any atom is 0.420 e. The van der Waals surface area contributed by atoms with Crippen molar-refractivity contribution in [3.05, 3.63) is 18.0 Å². The smallest absolute Gasteiger partial charge is 0.265 e. The Balaban J connectivity index is 2.96. The summed E-state index contributed by atoms with van der Waals surface area (Å²) in [6.45, 7) is 0. The van der Waals surface area contributed by atoms with Crippen LogP contribution in [0.1, 0.15) is 5.56 Å². The number of nitrogens with zero attached hydrogens (tertiary/aromatic N) is 2. The Morgan fingerprint density at radius 1 is 1.50 bits per heavy atom. The van der Waals surface area contributed by atoms with E-state index in [4.69, 9.17) is 0 Å². The summed E-state index contributed by atoms with van der Waals surface area (Å²) < 4.78 is 36.0. The first kappa shape index (κ1) is 7.11. The summed E-state index contributed by atoms with van der Waals surface area (Å²) in [6.07, 6.45) is -0.662. The Labute approximate surface area is 55.3 Å². The molecule has 1 aromatic rings. The number of halogens is 3. The number of aromatic nitrogens is 2. The summed E-state index contributed by atoms with van der Waals surface area (Å²) >= 11 is 0. The molecule has 0 aliphatic rings. The van der Waals surface area contributed by atoms with Crippen molar-refractivity contribution in [3.8, 4) is 0 Å². The number of alkyl halides is 3. The second-order valence-corrected chi connectivity index (χ2v) is 1.72. The highest BCUT2D eigenvalue weighted by Crippen LogP contribution is 2.27. The average molecular weight is 148 g/mol. The Kier molecular flexibility index (Phi) is 1.42. The van der Waals surface area contributed by atoms with Gasteiger partial charge in [-0.1, -0.05) is 0 Å². The van der Waals surface area contributed by atoms with Crippen LogP contribution in [0.3, 0.4) is 0 Å². The van der Waals surface area contributed by atoms with Gasteiger partial charge in [-0.05, 0) is 0 Å². The molecule has 0 atom stereocenters. The van der Waals surface area contributed by atoms with Gasteiger partial charge >= 0.3 is 6.18 Å². The van der Waals surface area contributed by atoms with E-state index in [2.05, 4.69) is 5.10 Å². The number of rotatable bonds is 0. The van der Waals surface area contributed by atoms with E-state index in [0.29, 0.717) is 0 Å². The third kappa shape index (κ3) is 1.29. The molecule has 2 radical (unpaired) electrons. The monoisotopic (exact) mass is 148 g/mol. The molecule has 10 heavy (non-hydrogen) atoms. The molecule has 1 heterocycles. The van der Waals surface area contributed by atoms with Gasteiger partial charge in [0.1, 0.15) is 11.8 Å². The maximum atomic E-state index is 11.7. The molecule has 1 aromatic heterocycles. The van der Waals surface area contributed by atoms with Gasteiger partial charge in [-0.25, -0.2) is 0 Å². The van der Waals surface area contributed by atoms with E-state index in [1.54, 1.807) is 6.20 Å². The highest BCUT2D eigenvalue weighted by atomic mass is 19.4. The van der Waals surface area contributed by atoms with E-state index < -0.39 is 11.7 Å². The minimum absolute atomic E-state index is 0.933. The molecule has 0 spiro atoms. The van der Waals surface area contributed by atoms with Gasteiger partial charge in [-0.3, -0.25) is 4.68 Å². The van der Waals surface area contributed by atoms with Crippen LogP contribution in [0.2, 0.25) is 0 Å². The molecule has 5 heteroatoms. The lowest BCUT2D eigenvalue weighted by Crippen LogP contribution is -2.03. The number of aryl methyl sites for hydroxylation is 1. The normalized spacial score (nSPS) is 12.0. The molecule has 2 nitrogen and oxygen atoms in total. The summed E-state index contributed by atoms with van der Waals surface area (Å²) in [5.41, 5.74) is -0.963. The number of hydrogen-bond acceptors (Lipinski definition) is 1. The van der Waals surface area contributed by atoms with Crippen molar-refractivity contribution in [2.24, 2.45) is 7.05 Å². The van der Waals surface area contributed by atoms with E-state index in [9.17, 15) is 13.2 Å². The second kappa shape index (κ2) is 2.00. The van der Waals surface area contributed by atoms with Gasteiger partial charge in [0, 0.05) is 7.05 Å². The van der Waals surface area contributed by atoms with Crippen LogP contribution >= 0.6 is 0 Å².